The van der Waals surface area contributed by atoms with Gasteiger partial charge in [-0.05, 0) is 48.4 Å². The molecule has 3 rings (SSSR count). The van der Waals surface area contributed by atoms with Gasteiger partial charge in [-0.2, -0.15) is 0 Å². The molecular weight excluding hydrogens is 261 g/mol. The van der Waals surface area contributed by atoms with E-state index >= 15 is 0 Å². The van der Waals surface area contributed by atoms with Crippen LogP contribution in [0.2, 0.25) is 0 Å². The highest BCUT2D eigenvalue weighted by molar-refractivity contribution is 6.17. The Balaban J connectivity index is 1.78. The summed E-state index contributed by atoms with van der Waals surface area (Å²) in [5, 5.41) is 0. The van der Waals surface area contributed by atoms with Crippen LogP contribution >= 0.6 is 11.6 Å². The molecule has 1 aliphatic heterocycles. The number of halogens is 2. The Morgan fingerprint density at radius 1 is 1.11 bits per heavy atom. The van der Waals surface area contributed by atoms with Crippen LogP contribution in [0.1, 0.15) is 44.1 Å². The third kappa shape index (κ3) is 2.74. The lowest BCUT2D eigenvalue weighted by atomic mass is 9.73. The van der Waals surface area contributed by atoms with Gasteiger partial charge in [0.2, 0.25) is 0 Å². The molecule has 0 bridgehead atoms. The summed E-state index contributed by atoms with van der Waals surface area (Å²) < 4.78 is 13.6. The standard InChI is InChI=1S/C16H21ClFN/c17-11-13-8-14(18)10-15(9-13)19-7-6-16(12-19)4-2-1-3-5-16/h8-10H,1-7,11-12H2. The number of anilines is 1. The van der Waals surface area contributed by atoms with E-state index in [0.717, 1.165) is 24.3 Å². The van der Waals surface area contributed by atoms with E-state index in [0.29, 0.717) is 11.3 Å². The number of hydrogen-bond acceptors (Lipinski definition) is 1. The second-order valence-electron chi connectivity index (χ2n) is 6.18. The maximum atomic E-state index is 13.6. The van der Waals surface area contributed by atoms with Crippen molar-refractivity contribution < 1.29 is 4.39 Å². The zero-order chi connectivity index (χ0) is 13.3. The Hall–Kier alpha value is -0.760. The lowest BCUT2D eigenvalue weighted by Crippen LogP contribution is -2.29. The first kappa shape index (κ1) is 13.2. The molecule has 1 nitrogen and oxygen atoms in total. The van der Waals surface area contributed by atoms with Crippen LogP contribution in [0.3, 0.4) is 0 Å². The molecule has 0 amide bonds. The zero-order valence-corrected chi connectivity index (χ0v) is 12.1. The van der Waals surface area contributed by atoms with Gasteiger partial charge in [0.05, 0.1) is 0 Å². The summed E-state index contributed by atoms with van der Waals surface area (Å²) in [6.45, 7) is 2.16. The third-order valence-corrected chi connectivity index (χ3v) is 5.12. The lowest BCUT2D eigenvalue weighted by molar-refractivity contribution is 0.219. The summed E-state index contributed by atoms with van der Waals surface area (Å²) in [7, 11) is 0. The van der Waals surface area contributed by atoms with Crippen LogP contribution in [0, 0.1) is 11.2 Å². The van der Waals surface area contributed by atoms with E-state index in [-0.39, 0.29) is 5.82 Å². The van der Waals surface area contributed by atoms with Gasteiger partial charge in [0.15, 0.2) is 0 Å². The molecule has 2 fully saturated rings. The summed E-state index contributed by atoms with van der Waals surface area (Å²) in [6, 6.07) is 5.22. The van der Waals surface area contributed by atoms with Crippen LogP contribution in [0.25, 0.3) is 0 Å². The molecule has 1 spiro atoms. The minimum atomic E-state index is -0.169. The van der Waals surface area contributed by atoms with Crippen LogP contribution < -0.4 is 4.90 Å². The zero-order valence-electron chi connectivity index (χ0n) is 11.3. The van der Waals surface area contributed by atoms with Crippen molar-refractivity contribution in [1.82, 2.24) is 0 Å². The lowest BCUT2D eigenvalue weighted by Gasteiger charge is -2.33. The molecule has 0 radical (unpaired) electrons. The first-order chi connectivity index (χ1) is 9.21. The Morgan fingerprint density at radius 2 is 1.89 bits per heavy atom. The Labute approximate surface area is 119 Å². The minimum Gasteiger partial charge on any atom is -0.371 e. The normalized spacial score (nSPS) is 22.1. The fourth-order valence-electron chi connectivity index (χ4n) is 3.76. The third-order valence-electron chi connectivity index (χ3n) is 4.81. The largest absolute Gasteiger partial charge is 0.371 e. The Kier molecular flexibility index (Phi) is 3.70. The quantitative estimate of drug-likeness (QED) is 0.709. The van der Waals surface area contributed by atoms with E-state index in [1.807, 2.05) is 6.07 Å². The molecule has 1 aromatic rings. The van der Waals surface area contributed by atoms with E-state index in [9.17, 15) is 4.39 Å². The first-order valence-electron chi connectivity index (χ1n) is 7.31. The second-order valence-corrected chi connectivity index (χ2v) is 6.45. The van der Waals surface area contributed by atoms with Gasteiger partial charge in [-0.15, -0.1) is 11.6 Å². The minimum absolute atomic E-state index is 0.169. The van der Waals surface area contributed by atoms with Gasteiger partial charge in [0.25, 0.3) is 0 Å². The van der Waals surface area contributed by atoms with Gasteiger partial charge < -0.3 is 4.90 Å². The molecule has 0 N–H and O–H groups in total. The van der Waals surface area contributed by atoms with Gasteiger partial charge in [-0.25, -0.2) is 4.39 Å². The summed E-state index contributed by atoms with van der Waals surface area (Å²) in [4.78, 5) is 2.35. The molecule has 1 heterocycles. The van der Waals surface area contributed by atoms with Gasteiger partial charge in [0, 0.05) is 24.7 Å². The van der Waals surface area contributed by atoms with Crippen molar-refractivity contribution in [1.29, 1.82) is 0 Å². The number of nitrogens with zero attached hydrogens (tertiary/aromatic N) is 1. The molecule has 0 atom stereocenters. The monoisotopic (exact) mass is 281 g/mol. The molecule has 1 aliphatic carbocycles. The van der Waals surface area contributed by atoms with Gasteiger partial charge in [-0.1, -0.05) is 19.3 Å². The number of hydrogen-bond donors (Lipinski definition) is 0. The van der Waals surface area contributed by atoms with Gasteiger partial charge in [0.1, 0.15) is 5.82 Å². The molecular formula is C16H21ClFN. The molecule has 19 heavy (non-hydrogen) atoms. The van der Waals surface area contributed by atoms with Crippen LogP contribution in [0.5, 0.6) is 0 Å². The topological polar surface area (TPSA) is 3.24 Å². The molecule has 1 saturated carbocycles. The fraction of sp³-hybridized carbons (Fsp3) is 0.625. The highest BCUT2D eigenvalue weighted by atomic mass is 35.5. The van der Waals surface area contributed by atoms with E-state index in [1.54, 1.807) is 6.07 Å². The van der Waals surface area contributed by atoms with E-state index in [2.05, 4.69) is 4.90 Å². The molecule has 104 valence electrons. The average Bonchev–Trinajstić information content (AvgIpc) is 2.83. The maximum absolute atomic E-state index is 13.6. The fourth-order valence-corrected chi connectivity index (χ4v) is 3.91. The highest BCUT2D eigenvalue weighted by Crippen LogP contribution is 2.44. The number of rotatable bonds is 2. The first-order valence-corrected chi connectivity index (χ1v) is 7.85. The molecule has 0 unspecified atom stereocenters. The predicted molar refractivity (Wildman–Crippen MR) is 78.3 cm³/mol. The maximum Gasteiger partial charge on any atom is 0.125 e. The van der Waals surface area contributed by atoms with Crippen molar-refractivity contribution in [3.63, 3.8) is 0 Å². The van der Waals surface area contributed by atoms with Crippen molar-refractivity contribution in [2.24, 2.45) is 5.41 Å². The van der Waals surface area contributed by atoms with Crippen molar-refractivity contribution in [2.75, 3.05) is 18.0 Å². The Morgan fingerprint density at radius 3 is 2.63 bits per heavy atom. The van der Waals surface area contributed by atoms with Crippen LogP contribution in [0.15, 0.2) is 18.2 Å². The number of benzene rings is 1. The summed E-state index contributed by atoms with van der Waals surface area (Å²) >= 11 is 5.83. The van der Waals surface area contributed by atoms with E-state index < -0.39 is 0 Å². The summed E-state index contributed by atoms with van der Waals surface area (Å²) in [5.74, 6) is 0.210. The van der Waals surface area contributed by atoms with Crippen LogP contribution in [-0.2, 0) is 5.88 Å². The van der Waals surface area contributed by atoms with Crippen LogP contribution in [0.4, 0.5) is 10.1 Å². The molecule has 2 aliphatic rings. The van der Waals surface area contributed by atoms with Crippen molar-refractivity contribution in [3.8, 4) is 0 Å². The number of alkyl halides is 1. The second kappa shape index (κ2) is 5.32. The van der Waals surface area contributed by atoms with Gasteiger partial charge >= 0.3 is 0 Å². The van der Waals surface area contributed by atoms with Crippen LogP contribution in [-0.4, -0.2) is 13.1 Å². The summed E-state index contributed by atoms with van der Waals surface area (Å²) in [6.07, 6.45) is 8.08. The predicted octanol–water partition coefficient (Wildman–Crippen LogP) is 4.73. The van der Waals surface area contributed by atoms with Gasteiger partial charge in [-0.3, -0.25) is 0 Å². The van der Waals surface area contributed by atoms with Crippen molar-refractivity contribution in [3.05, 3.63) is 29.6 Å². The smallest absolute Gasteiger partial charge is 0.125 e. The molecule has 3 heteroatoms. The molecule has 0 aromatic heterocycles. The van der Waals surface area contributed by atoms with E-state index in [1.165, 1.54) is 44.6 Å². The average molecular weight is 282 g/mol. The van der Waals surface area contributed by atoms with E-state index in [4.69, 9.17) is 11.6 Å². The summed E-state index contributed by atoms with van der Waals surface area (Å²) in [5.41, 5.74) is 2.39. The highest BCUT2D eigenvalue weighted by Gasteiger charge is 2.38. The Bertz CT molecular complexity index is 454. The molecule has 1 saturated heterocycles. The van der Waals surface area contributed by atoms with Crippen molar-refractivity contribution >= 4 is 17.3 Å². The molecule has 1 aromatic carbocycles. The van der Waals surface area contributed by atoms with Crippen molar-refractivity contribution in [2.45, 2.75) is 44.4 Å². The SMILES string of the molecule is Fc1cc(CCl)cc(N2CCC3(CCCCC3)C2)c1.